The van der Waals surface area contributed by atoms with Crippen LogP contribution in [0, 0.1) is 0 Å². The van der Waals surface area contributed by atoms with Crippen LogP contribution in [0.3, 0.4) is 0 Å². The summed E-state index contributed by atoms with van der Waals surface area (Å²) in [6, 6.07) is 2.09. The number of aliphatic carboxylic acids is 1. The molecule has 1 N–H and O–H groups in total. The molecule has 0 aromatic heterocycles. The highest BCUT2D eigenvalue weighted by atomic mass is 19.4. The number of ether oxygens (including phenoxy) is 2. The van der Waals surface area contributed by atoms with Gasteiger partial charge in [0.2, 0.25) is 0 Å². The monoisotopic (exact) mass is 302 g/mol. The standard InChI is InChI=1S/C14H13F3O4/c15-14(16,17)9-3-2-8(13(4-5-13)12(18)19)10-11(9)21-7-1-6-20-10/h2-3H,1,4-7H2,(H,18,19). The van der Waals surface area contributed by atoms with E-state index in [1.807, 2.05) is 0 Å². The molecule has 0 atom stereocenters. The van der Waals surface area contributed by atoms with Crippen molar-refractivity contribution in [1.29, 1.82) is 0 Å². The van der Waals surface area contributed by atoms with Crippen LogP contribution in [0.1, 0.15) is 30.4 Å². The van der Waals surface area contributed by atoms with Crippen LogP contribution in [0.5, 0.6) is 11.5 Å². The molecule has 114 valence electrons. The third-order valence-electron chi connectivity index (χ3n) is 3.87. The average Bonchev–Trinajstić information content (AvgIpc) is 3.21. The zero-order valence-corrected chi connectivity index (χ0v) is 11.0. The molecular weight excluding hydrogens is 289 g/mol. The largest absolute Gasteiger partial charge is 0.489 e. The number of carbonyl (C=O) groups is 1. The smallest absolute Gasteiger partial charge is 0.420 e. The van der Waals surface area contributed by atoms with Crippen LogP contribution >= 0.6 is 0 Å². The van der Waals surface area contributed by atoms with Gasteiger partial charge in [0.1, 0.15) is 5.56 Å². The van der Waals surface area contributed by atoms with Gasteiger partial charge in [0.05, 0.1) is 18.6 Å². The molecule has 0 radical (unpaired) electrons. The van der Waals surface area contributed by atoms with Gasteiger partial charge in [-0.05, 0) is 18.9 Å². The van der Waals surface area contributed by atoms with E-state index in [1.54, 1.807) is 0 Å². The topological polar surface area (TPSA) is 55.8 Å². The number of fused-ring (bicyclic) bond motifs is 1. The maximum atomic E-state index is 13.1. The first-order chi connectivity index (χ1) is 9.86. The normalized spacial score (nSPS) is 19.8. The highest BCUT2D eigenvalue weighted by Crippen LogP contribution is 2.55. The Morgan fingerprint density at radius 3 is 2.29 bits per heavy atom. The number of carboxylic acid groups (broad SMARTS) is 1. The summed E-state index contributed by atoms with van der Waals surface area (Å²) in [4.78, 5) is 11.4. The van der Waals surface area contributed by atoms with E-state index < -0.39 is 23.1 Å². The lowest BCUT2D eigenvalue weighted by atomic mass is 9.93. The molecule has 2 aliphatic rings. The van der Waals surface area contributed by atoms with E-state index >= 15 is 0 Å². The van der Waals surface area contributed by atoms with Crippen LogP contribution in [-0.2, 0) is 16.4 Å². The highest BCUT2D eigenvalue weighted by molar-refractivity contribution is 5.86. The Labute approximate surface area is 118 Å². The van der Waals surface area contributed by atoms with Crippen molar-refractivity contribution in [2.75, 3.05) is 13.2 Å². The molecule has 0 spiro atoms. The van der Waals surface area contributed by atoms with Crippen LogP contribution in [-0.4, -0.2) is 24.3 Å². The maximum Gasteiger partial charge on any atom is 0.420 e. The number of benzene rings is 1. The third-order valence-corrected chi connectivity index (χ3v) is 3.87. The summed E-state index contributed by atoms with van der Waals surface area (Å²) < 4.78 is 49.8. The number of alkyl halides is 3. The molecule has 1 aromatic carbocycles. The molecule has 1 aliphatic heterocycles. The van der Waals surface area contributed by atoms with E-state index in [0.717, 1.165) is 6.07 Å². The molecule has 0 unspecified atom stereocenters. The van der Waals surface area contributed by atoms with Crippen molar-refractivity contribution in [2.45, 2.75) is 30.9 Å². The van der Waals surface area contributed by atoms with Crippen molar-refractivity contribution < 1.29 is 32.5 Å². The first kappa shape index (κ1) is 14.0. The van der Waals surface area contributed by atoms with Crippen LogP contribution in [0.4, 0.5) is 13.2 Å². The number of hydrogen-bond acceptors (Lipinski definition) is 3. The molecule has 3 rings (SSSR count). The van der Waals surface area contributed by atoms with Crippen LogP contribution in [0.25, 0.3) is 0 Å². The summed E-state index contributed by atoms with van der Waals surface area (Å²) >= 11 is 0. The Balaban J connectivity index is 2.18. The molecule has 0 saturated heterocycles. The molecule has 0 bridgehead atoms. The van der Waals surface area contributed by atoms with Crippen molar-refractivity contribution >= 4 is 5.97 Å². The van der Waals surface area contributed by atoms with E-state index in [4.69, 9.17) is 9.47 Å². The second kappa shape index (κ2) is 4.54. The first-order valence-electron chi connectivity index (χ1n) is 6.60. The number of carboxylic acids is 1. The van der Waals surface area contributed by atoms with Gasteiger partial charge in [-0.2, -0.15) is 13.2 Å². The Morgan fingerprint density at radius 1 is 1.14 bits per heavy atom. The van der Waals surface area contributed by atoms with Gasteiger partial charge in [0, 0.05) is 12.0 Å². The van der Waals surface area contributed by atoms with E-state index in [1.165, 1.54) is 6.07 Å². The zero-order chi connectivity index (χ0) is 15.3. The van der Waals surface area contributed by atoms with Gasteiger partial charge in [-0.1, -0.05) is 6.07 Å². The minimum Gasteiger partial charge on any atom is -0.489 e. The molecule has 1 aliphatic carbocycles. The Bertz CT molecular complexity index is 591. The summed E-state index contributed by atoms with van der Waals surface area (Å²) in [5.41, 5.74) is -1.79. The first-order valence-corrected chi connectivity index (χ1v) is 6.60. The SMILES string of the molecule is O=C(O)C1(c2ccc(C(F)(F)F)c3c2OCCCO3)CC1. The lowest BCUT2D eigenvalue weighted by Crippen LogP contribution is -2.21. The molecule has 21 heavy (non-hydrogen) atoms. The van der Waals surface area contributed by atoms with Gasteiger partial charge in [0.15, 0.2) is 11.5 Å². The molecule has 1 fully saturated rings. The van der Waals surface area contributed by atoms with E-state index in [0.29, 0.717) is 19.3 Å². The van der Waals surface area contributed by atoms with Gasteiger partial charge in [-0.3, -0.25) is 4.79 Å². The highest BCUT2D eigenvalue weighted by Gasteiger charge is 2.54. The molecule has 1 saturated carbocycles. The van der Waals surface area contributed by atoms with Gasteiger partial charge >= 0.3 is 12.1 Å². The minimum absolute atomic E-state index is 0.0674. The van der Waals surface area contributed by atoms with Crippen molar-refractivity contribution in [2.24, 2.45) is 0 Å². The van der Waals surface area contributed by atoms with Gasteiger partial charge in [-0.15, -0.1) is 0 Å². The average molecular weight is 302 g/mol. The number of hydrogen-bond donors (Lipinski definition) is 1. The maximum absolute atomic E-state index is 13.1. The summed E-state index contributed by atoms with van der Waals surface area (Å²) in [5, 5.41) is 9.34. The predicted octanol–water partition coefficient (Wildman–Crippen LogP) is 2.98. The Kier molecular flexibility index (Phi) is 3.04. The molecular formula is C14H13F3O4. The summed E-state index contributed by atoms with van der Waals surface area (Å²) in [5.74, 6) is -1.50. The second-order valence-electron chi connectivity index (χ2n) is 5.25. The Hall–Kier alpha value is -1.92. The fourth-order valence-corrected chi connectivity index (χ4v) is 2.58. The fraction of sp³-hybridized carbons (Fsp3) is 0.500. The van der Waals surface area contributed by atoms with Crippen LogP contribution in [0.2, 0.25) is 0 Å². The lowest BCUT2D eigenvalue weighted by Gasteiger charge is -2.20. The zero-order valence-electron chi connectivity index (χ0n) is 11.0. The van der Waals surface area contributed by atoms with Crippen LogP contribution < -0.4 is 9.47 Å². The van der Waals surface area contributed by atoms with Crippen LogP contribution in [0.15, 0.2) is 12.1 Å². The summed E-state index contributed by atoms with van der Waals surface area (Å²) in [6.07, 6.45) is -3.34. The molecule has 0 amide bonds. The van der Waals surface area contributed by atoms with Gasteiger partial charge in [0.25, 0.3) is 0 Å². The number of rotatable bonds is 2. The molecule has 1 heterocycles. The molecule has 4 nitrogen and oxygen atoms in total. The van der Waals surface area contributed by atoms with Gasteiger partial charge < -0.3 is 14.6 Å². The summed E-state index contributed by atoms with van der Waals surface area (Å²) in [6.45, 7) is 0.316. The van der Waals surface area contributed by atoms with E-state index in [9.17, 15) is 23.1 Å². The quantitative estimate of drug-likeness (QED) is 0.912. The molecule has 7 heteroatoms. The molecule has 1 aromatic rings. The minimum atomic E-state index is -4.57. The van der Waals surface area contributed by atoms with E-state index in [-0.39, 0.29) is 30.3 Å². The van der Waals surface area contributed by atoms with Crippen molar-refractivity contribution in [3.63, 3.8) is 0 Å². The van der Waals surface area contributed by atoms with Crippen molar-refractivity contribution in [1.82, 2.24) is 0 Å². The third kappa shape index (κ3) is 2.20. The lowest BCUT2D eigenvalue weighted by molar-refractivity contribution is -0.140. The number of halogens is 3. The Morgan fingerprint density at radius 2 is 1.76 bits per heavy atom. The van der Waals surface area contributed by atoms with Gasteiger partial charge in [-0.25, -0.2) is 0 Å². The fourth-order valence-electron chi connectivity index (χ4n) is 2.58. The van der Waals surface area contributed by atoms with Crippen molar-refractivity contribution in [3.8, 4) is 11.5 Å². The van der Waals surface area contributed by atoms with Crippen molar-refractivity contribution in [3.05, 3.63) is 23.3 Å². The predicted molar refractivity (Wildman–Crippen MR) is 65.6 cm³/mol. The second-order valence-corrected chi connectivity index (χ2v) is 5.25. The summed E-state index contributed by atoms with van der Waals surface area (Å²) in [7, 11) is 0. The van der Waals surface area contributed by atoms with E-state index in [2.05, 4.69) is 0 Å².